The fraction of sp³-hybridized carbons (Fsp3) is 0.567. The summed E-state index contributed by atoms with van der Waals surface area (Å²) in [5.74, 6) is -6.60. The lowest BCUT2D eigenvalue weighted by atomic mass is 9.54. The molecule has 8 heteroatoms. The van der Waals surface area contributed by atoms with Gasteiger partial charge in [-0.2, -0.15) is 0 Å². The fourth-order valence-corrected chi connectivity index (χ4v) is 7.62. The zero-order chi connectivity index (χ0) is 27.5. The summed E-state index contributed by atoms with van der Waals surface area (Å²) in [7, 11) is 0. The molecule has 0 spiro atoms. The van der Waals surface area contributed by atoms with Crippen LogP contribution in [0.25, 0.3) is 5.76 Å². The fourth-order valence-electron chi connectivity index (χ4n) is 7.62. The highest BCUT2D eigenvalue weighted by Crippen LogP contribution is 2.55. The highest BCUT2D eigenvalue weighted by atomic mass is 16.3. The minimum absolute atomic E-state index is 0.0943. The van der Waals surface area contributed by atoms with Crippen LogP contribution in [0.15, 0.2) is 29.0 Å². The molecule has 2 saturated carbocycles. The first-order valence-electron chi connectivity index (χ1n) is 13.8. The second-order valence-corrected chi connectivity index (χ2v) is 12.0. The maximum atomic E-state index is 13.9. The number of ketones is 2. The number of aliphatic hydroxyl groups excluding tert-OH is 2. The molecule has 0 heterocycles. The van der Waals surface area contributed by atoms with Gasteiger partial charge < -0.3 is 26.2 Å². The number of aliphatic hydroxyl groups is 3. The monoisotopic (exact) mass is 523 g/mol. The number of carbonyl (C=O) groups is 3. The SMILES string of the molecule is CC(C)[C@@H]1C(=O)C(C(N)=O)=C(O)[C@@]2(O)C(=O)C3=C(O)c4c(O)ccc(CCC5CCCCC5)c4C[C@H]3C[C@@H]12. The third-order valence-corrected chi connectivity index (χ3v) is 9.50. The summed E-state index contributed by atoms with van der Waals surface area (Å²) in [6.07, 6.45) is 8.49. The van der Waals surface area contributed by atoms with E-state index in [0.29, 0.717) is 12.3 Å². The first kappa shape index (κ1) is 26.5. The van der Waals surface area contributed by atoms with Crippen molar-refractivity contribution in [2.75, 3.05) is 0 Å². The largest absolute Gasteiger partial charge is 0.508 e. The minimum atomic E-state index is -2.57. The predicted octanol–water partition coefficient (Wildman–Crippen LogP) is 3.82. The van der Waals surface area contributed by atoms with E-state index in [0.717, 1.165) is 24.0 Å². The summed E-state index contributed by atoms with van der Waals surface area (Å²) >= 11 is 0. The Balaban J connectivity index is 1.60. The van der Waals surface area contributed by atoms with Crippen molar-refractivity contribution in [3.8, 4) is 5.75 Å². The molecule has 0 aliphatic heterocycles. The Morgan fingerprint density at radius 3 is 2.42 bits per heavy atom. The van der Waals surface area contributed by atoms with E-state index in [1.807, 2.05) is 6.07 Å². The number of hydrogen-bond acceptors (Lipinski definition) is 7. The van der Waals surface area contributed by atoms with Gasteiger partial charge in [0.1, 0.15) is 22.8 Å². The van der Waals surface area contributed by atoms with Crippen LogP contribution >= 0.6 is 0 Å². The standard InChI is InChI=1S/C30H37NO7/c1-14(2)21-19-13-17-12-18-16(9-8-15-6-4-3-5-7-15)10-11-20(32)23(18)26(34)22(17)27(35)30(19,38)28(36)24(25(21)33)29(31)37/h10-11,14-15,17,19,21,32,34,36,38H,3-9,12-13H2,1-2H3,(H2,31,37)/t17-,19-,21-,30-/m0/s1. The molecule has 1 aromatic rings. The Kier molecular flexibility index (Phi) is 6.66. The van der Waals surface area contributed by atoms with Gasteiger partial charge in [0.2, 0.25) is 5.78 Å². The first-order valence-corrected chi connectivity index (χ1v) is 13.8. The molecule has 0 bridgehead atoms. The van der Waals surface area contributed by atoms with Crippen molar-refractivity contribution in [3.63, 3.8) is 0 Å². The molecule has 8 nitrogen and oxygen atoms in total. The molecular weight excluding hydrogens is 486 g/mol. The molecule has 1 amide bonds. The van der Waals surface area contributed by atoms with Crippen LogP contribution < -0.4 is 5.73 Å². The summed E-state index contributed by atoms with van der Waals surface area (Å²) in [5, 5.41) is 44.7. The lowest BCUT2D eigenvalue weighted by Gasteiger charge is -2.50. The molecule has 0 saturated heterocycles. The lowest BCUT2D eigenvalue weighted by molar-refractivity contribution is -0.155. The third kappa shape index (κ3) is 3.87. The number of amides is 1. The zero-order valence-corrected chi connectivity index (χ0v) is 22.0. The van der Waals surface area contributed by atoms with Crippen LogP contribution in [-0.4, -0.2) is 43.5 Å². The van der Waals surface area contributed by atoms with Crippen molar-refractivity contribution in [2.24, 2.45) is 35.3 Å². The van der Waals surface area contributed by atoms with E-state index in [9.17, 15) is 34.8 Å². The molecule has 0 radical (unpaired) electrons. The number of benzene rings is 1. The molecule has 4 aliphatic carbocycles. The van der Waals surface area contributed by atoms with E-state index in [4.69, 9.17) is 5.73 Å². The van der Waals surface area contributed by atoms with Crippen molar-refractivity contribution in [2.45, 2.75) is 77.2 Å². The summed E-state index contributed by atoms with van der Waals surface area (Å²) in [6, 6.07) is 3.40. The van der Waals surface area contributed by atoms with E-state index < -0.39 is 57.9 Å². The van der Waals surface area contributed by atoms with E-state index >= 15 is 0 Å². The van der Waals surface area contributed by atoms with Gasteiger partial charge in [0, 0.05) is 17.4 Å². The van der Waals surface area contributed by atoms with Crippen LogP contribution in [0, 0.1) is 29.6 Å². The third-order valence-electron chi connectivity index (χ3n) is 9.50. The van der Waals surface area contributed by atoms with Crippen LogP contribution in [0.4, 0.5) is 0 Å². The topological polar surface area (TPSA) is 158 Å². The van der Waals surface area contributed by atoms with Crippen LogP contribution in [0.1, 0.15) is 75.5 Å². The number of nitrogens with two attached hydrogens (primary N) is 1. The number of rotatable bonds is 5. The van der Waals surface area contributed by atoms with Crippen LogP contribution in [-0.2, 0) is 27.2 Å². The Morgan fingerprint density at radius 2 is 1.79 bits per heavy atom. The maximum absolute atomic E-state index is 13.9. The predicted molar refractivity (Wildman–Crippen MR) is 140 cm³/mol. The van der Waals surface area contributed by atoms with Gasteiger partial charge in [0.15, 0.2) is 11.4 Å². The number of Topliss-reactive ketones (excluding diaryl/α,β-unsaturated/α-hetero) is 2. The number of fused-ring (bicyclic) bond motifs is 3. The first-order chi connectivity index (χ1) is 18.0. The lowest BCUT2D eigenvalue weighted by Crippen LogP contribution is -2.62. The summed E-state index contributed by atoms with van der Waals surface area (Å²) in [4.78, 5) is 39.3. The molecule has 4 aliphatic rings. The Labute approximate surface area is 222 Å². The summed E-state index contributed by atoms with van der Waals surface area (Å²) in [5.41, 5.74) is 3.93. The molecule has 204 valence electrons. The number of primary amides is 1. The smallest absolute Gasteiger partial charge is 0.255 e. The van der Waals surface area contributed by atoms with Crippen LogP contribution in [0.3, 0.4) is 0 Å². The molecule has 4 atom stereocenters. The normalized spacial score (nSPS) is 29.8. The molecule has 5 rings (SSSR count). The number of aromatic hydroxyl groups is 1. The van der Waals surface area contributed by atoms with Crippen molar-refractivity contribution in [1.82, 2.24) is 0 Å². The molecule has 1 aromatic carbocycles. The van der Waals surface area contributed by atoms with Gasteiger partial charge in [-0.15, -0.1) is 0 Å². The molecule has 2 fully saturated rings. The number of phenolic OH excluding ortho intramolecular Hbond substituents is 1. The van der Waals surface area contributed by atoms with Crippen molar-refractivity contribution < 1.29 is 34.8 Å². The number of aryl methyl sites for hydroxylation is 1. The van der Waals surface area contributed by atoms with Crippen LogP contribution in [0.5, 0.6) is 5.75 Å². The Hall–Kier alpha value is -3.13. The van der Waals surface area contributed by atoms with Gasteiger partial charge in [-0.3, -0.25) is 14.4 Å². The van der Waals surface area contributed by atoms with Gasteiger partial charge in [-0.25, -0.2) is 0 Å². The molecular formula is C30H37NO7. The average molecular weight is 524 g/mol. The summed E-state index contributed by atoms with van der Waals surface area (Å²) in [6.45, 7) is 3.52. The number of carbonyl (C=O) groups excluding carboxylic acids is 3. The van der Waals surface area contributed by atoms with Gasteiger partial charge in [-0.1, -0.05) is 52.0 Å². The average Bonchev–Trinajstić information content (AvgIpc) is 2.86. The molecule has 0 aromatic heterocycles. The van der Waals surface area contributed by atoms with E-state index in [1.165, 1.54) is 38.2 Å². The van der Waals surface area contributed by atoms with Crippen LogP contribution in [0.2, 0.25) is 0 Å². The highest BCUT2D eigenvalue weighted by Gasteiger charge is 2.64. The molecule has 6 N–H and O–H groups in total. The van der Waals surface area contributed by atoms with E-state index in [1.54, 1.807) is 13.8 Å². The van der Waals surface area contributed by atoms with Gasteiger partial charge in [0.25, 0.3) is 5.91 Å². The number of phenols is 1. The summed E-state index contributed by atoms with van der Waals surface area (Å²) < 4.78 is 0. The molecule has 38 heavy (non-hydrogen) atoms. The minimum Gasteiger partial charge on any atom is -0.508 e. The van der Waals surface area contributed by atoms with Gasteiger partial charge >= 0.3 is 0 Å². The zero-order valence-electron chi connectivity index (χ0n) is 22.0. The highest BCUT2D eigenvalue weighted by molar-refractivity contribution is 6.23. The van der Waals surface area contributed by atoms with E-state index in [2.05, 4.69) is 0 Å². The maximum Gasteiger partial charge on any atom is 0.255 e. The quantitative estimate of drug-likeness (QED) is 0.367. The second kappa shape index (κ2) is 9.56. The Morgan fingerprint density at radius 1 is 1.11 bits per heavy atom. The second-order valence-electron chi connectivity index (χ2n) is 12.0. The molecule has 0 unspecified atom stereocenters. The van der Waals surface area contributed by atoms with Gasteiger partial charge in [0.05, 0.1) is 5.56 Å². The number of hydrogen-bond donors (Lipinski definition) is 5. The van der Waals surface area contributed by atoms with Crippen molar-refractivity contribution in [1.29, 1.82) is 0 Å². The van der Waals surface area contributed by atoms with E-state index in [-0.39, 0.29) is 29.2 Å². The Bertz CT molecular complexity index is 1270. The van der Waals surface area contributed by atoms with Crippen molar-refractivity contribution >= 4 is 23.2 Å². The van der Waals surface area contributed by atoms with Crippen molar-refractivity contribution in [3.05, 3.63) is 45.7 Å². The van der Waals surface area contributed by atoms with Gasteiger partial charge in [-0.05, 0) is 60.6 Å².